The van der Waals surface area contributed by atoms with Crippen molar-refractivity contribution >= 4 is 27.3 Å². The van der Waals surface area contributed by atoms with Crippen LogP contribution in [0.15, 0.2) is 72.2 Å². The molecule has 0 saturated heterocycles. The number of ether oxygens (including phenoxy) is 2. The number of rotatable bonds is 5. The minimum absolute atomic E-state index is 0.261. The number of aliphatic imine (C=N–C) groups is 1. The smallest absolute Gasteiger partial charge is 0.474 e. The van der Waals surface area contributed by atoms with E-state index in [2.05, 4.69) is 14.8 Å². The topological polar surface area (TPSA) is 61.5 Å². The van der Waals surface area contributed by atoms with Crippen LogP contribution in [-0.2, 0) is 16.8 Å². The lowest BCUT2D eigenvalue weighted by molar-refractivity contribution is -0.274. The minimum atomic E-state index is -4.73. The van der Waals surface area contributed by atoms with Crippen molar-refractivity contribution in [3.05, 3.63) is 77.7 Å². The number of nitrogens with zero attached hydrogens (tertiary/aromatic N) is 4. The summed E-state index contributed by atoms with van der Waals surface area (Å²) < 4.78 is 50.1. The molecule has 0 N–H and O–H groups in total. The van der Waals surface area contributed by atoms with Gasteiger partial charge in [0, 0.05) is 4.70 Å². The largest absolute Gasteiger partial charge is 0.573 e. The third-order valence-electron chi connectivity index (χ3n) is 4.90. The molecule has 158 valence electrons. The van der Waals surface area contributed by atoms with Crippen LogP contribution in [0.4, 0.5) is 13.2 Å². The lowest BCUT2D eigenvalue weighted by atomic mass is 9.92. The van der Waals surface area contributed by atoms with Gasteiger partial charge in [0.1, 0.15) is 30.5 Å². The lowest BCUT2D eigenvalue weighted by Crippen LogP contribution is -2.31. The number of hydrogen-bond donors (Lipinski definition) is 0. The van der Waals surface area contributed by atoms with Crippen molar-refractivity contribution in [3.8, 4) is 5.75 Å². The van der Waals surface area contributed by atoms with Crippen LogP contribution < -0.4 is 4.74 Å². The summed E-state index contributed by atoms with van der Waals surface area (Å²) in [5.74, 6) is 0.187. The molecule has 0 bridgehead atoms. The Labute approximate surface area is 178 Å². The van der Waals surface area contributed by atoms with E-state index in [0.717, 1.165) is 15.1 Å². The Bertz CT molecular complexity index is 1240. The standard InChI is InChI=1S/C21H15F3N4O2S/c22-21(23,24)30-16-6-7-17-14(8-16)9-18(31-17)19-27-20(11-29-19,10-28-13-25-12-26-28)15-4-2-1-3-5-15/h1-9,12-13H,10-11H2. The molecule has 2 aromatic heterocycles. The zero-order chi connectivity index (χ0) is 21.5. The van der Waals surface area contributed by atoms with Gasteiger partial charge in [-0.15, -0.1) is 24.5 Å². The van der Waals surface area contributed by atoms with Gasteiger partial charge >= 0.3 is 6.36 Å². The Morgan fingerprint density at radius 2 is 1.97 bits per heavy atom. The molecule has 0 aliphatic carbocycles. The molecule has 1 unspecified atom stereocenters. The van der Waals surface area contributed by atoms with Gasteiger partial charge < -0.3 is 9.47 Å². The van der Waals surface area contributed by atoms with Gasteiger partial charge in [-0.05, 0) is 35.2 Å². The molecule has 31 heavy (non-hydrogen) atoms. The summed E-state index contributed by atoms with van der Waals surface area (Å²) in [6.45, 7) is 0.748. The predicted molar refractivity (Wildman–Crippen MR) is 109 cm³/mol. The van der Waals surface area contributed by atoms with Crippen molar-refractivity contribution in [2.45, 2.75) is 18.4 Å². The van der Waals surface area contributed by atoms with Crippen LogP contribution in [0.2, 0.25) is 0 Å². The number of alkyl halides is 3. The van der Waals surface area contributed by atoms with Crippen LogP contribution >= 0.6 is 11.3 Å². The Morgan fingerprint density at radius 3 is 2.71 bits per heavy atom. The van der Waals surface area contributed by atoms with Gasteiger partial charge in [-0.1, -0.05) is 30.3 Å². The van der Waals surface area contributed by atoms with E-state index in [9.17, 15) is 13.2 Å². The number of hydrogen-bond acceptors (Lipinski definition) is 6. The highest BCUT2D eigenvalue weighted by Gasteiger charge is 2.40. The summed E-state index contributed by atoms with van der Waals surface area (Å²) in [4.78, 5) is 9.65. The van der Waals surface area contributed by atoms with Crippen molar-refractivity contribution in [1.29, 1.82) is 0 Å². The van der Waals surface area contributed by atoms with E-state index in [4.69, 9.17) is 9.73 Å². The second-order valence-electron chi connectivity index (χ2n) is 7.05. The molecule has 0 radical (unpaired) electrons. The van der Waals surface area contributed by atoms with Crippen LogP contribution in [0.1, 0.15) is 10.4 Å². The summed E-state index contributed by atoms with van der Waals surface area (Å²) >= 11 is 1.40. The maximum Gasteiger partial charge on any atom is 0.573 e. The molecule has 1 aliphatic rings. The molecule has 2 aromatic carbocycles. The summed E-state index contributed by atoms with van der Waals surface area (Å²) in [5.41, 5.74) is 0.285. The van der Waals surface area contributed by atoms with Gasteiger partial charge in [-0.25, -0.2) is 9.98 Å². The first-order valence-electron chi connectivity index (χ1n) is 9.31. The predicted octanol–water partition coefficient (Wildman–Crippen LogP) is 4.76. The van der Waals surface area contributed by atoms with Crippen LogP contribution in [0, 0.1) is 0 Å². The first kappa shape index (κ1) is 19.6. The molecule has 0 saturated carbocycles. The summed E-state index contributed by atoms with van der Waals surface area (Å²) in [5, 5.41) is 4.83. The molecule has 0 amide bonds. The fraction of sp³-hybridized carbons (Fsp3) is 0.190. The molecule has 10 heteroatoms. The van der Waals surface area contributed by atoms with Gasteiger partial charge in [0.05, 0.1) is 11.4 Å². The van der Waals surface area contributed by atoms with Crippen molar-refractivity contribution in [2.75, 3.05) is 6.61 Å². The summed E-state index contributed by atoms with van der Waals surface area (Å²) in [7, 11) is 0. The van der Waals surface area contributed by atoms with Crippen LogP contribution in [0.5, 0.6) is 5.75 Å². The maximum atomic E-state index is 12.5. The highest BCUT2D eigenvalue weighted by atomic mass is 32.1. The Kier molecular flexibility index (Phi) is 4.66. The summed E-state index contributed by atoms with van der Waals surface area (Å²) in [6.07, 6.45) is -1.65. The van der Waals surface area contributed by atoms with E-state index in [1.165, 1.54) is 29.8 Å². The Balaban J connectivity index is 1.51. The number of halogens is 3. The van der Waals surface area contributed by atoms with E-state index in [1.54, 1.807) is 23.1 Å². The first-order chi connectivity index (χ1) is 14.9. The molecule has 3 heterocycles. The number of thiophene rings is 1. The fourth-order valence-corrected chi connectivity index (χ4v) is 4.53. The normalized spacial score (nSPS) is 18.7. The van der Waals surface area contributed by atoms with Gasteiger partial charge in [0.2, 0.25) is 5.90 Å². The number of benzene rings is 2. The van der Waals surface area contributed by atoms with Crippen molar-refractivity contribution in [1.82, 2.24) is 14.8 Å². The van der Waals surface area contributed by atoms with Gasteiger partial charge in [0.15, 0.2) is 0 Å². The Morgan fingerprint density at radius 1 is 1.13 bits per heavy atom. The average molecular weight is 444 g/mol. The van der Waals surface area contributed by atoms with Crippen molar-refractivity contribution in [2.24, 2.45) is 4.99 Å². The van der Waals surface area contributed by atoms with Crippen LogP contribution in [0.25, 0.3) is 10.1 Å². The van der Waals surface area contributed by atoms with Crippen LogP contribution in [0.3, 0.4) is 0 Å². The second kappa shape index (κ2) is 7.38. The van der Waals surface area contributed by atoms with Crippen molar-refractivity contribution in [3.63, 3.8) is 0 Å². The van der Waals surface area contributed by atoms with E-state index in [1.807, 2.05) is 30.3 Å². The van der Waals surface area contributed by atoms with E-state index < -0.39 is 11.9 Å². The zero-order valence-corrected chi connectivity index (χ0v) is 16.7. The Hall–Kier alpha value is -3.40. The second-order valence-corrected chi connectivity index (χ2v) is 8.14. The lowest BCUT2D eigenvalue weighted by Gasteiger charge is -2.24. The van der Waals surface area contributed by atoms with E-state index in [0.29, 0.717) is 24.4 Å². The first-order valence-corrected chi connectivity index (χ1v) is 10.1. The fourth-order valence-electron chi connectivity index (χ4n) is 3.55. The van der Waals surface area contributed by atoms with E-state index >= 15 is 0 Å². The summed E-state index contributed by atoms with van der Waals surface area (Å²) in [6, 6.07) is 15.8. The molecule has 6 nitrogen and oxygen atoms in total. The number of aromatic nitrogens is 3. The highest BCUT2D eigenvalue weighted by Crippen LogP contribution is 2.37. The average Bonchev–Trinajstić information content (AvgIpc) is 3.47. The van der Waals surface area contributed by atoms with Gasteiger partial charge in [-0.3, -0.25) is 4.68 Å². The van der Waals surface area contributed by atoms with Crippen molar-refractivity contribution < 1.29 is 22.6 Å². The molecule has 5 rings (SSSR count). The zero-order valence-electron chi connectivity index (χ0n) is 15.9. The maximum absolute atomic E-state index is 12.5. The molecule has 1 atom stereocenters. The molecule has 0 spiro atoms. The van der Waals surface area contributed by atoms with E-state index in [-0.39, 0.29) is 5.75 Å². The molecular weight excluding hydrogens is 429 g/mol. The molecular formula is C21H15F3N4O2S. The SMILES string of the molecule is FC(F)(F)Oc1ccc2sc(C3=NC(Cn4cncn4)(c4ccccc4)CO3)cc2c1. The number of fused-ring (bicyclic) bond motifs is 1. The van der Waals surface area contributed by atoms with Gasteiger partial charge in [0.25, 0.3) is 0 Å². The molecule has 1 aliphatic heterocycles. The van der Waals surface area contributed by atoms with Gasteiger partial charge in [-0.2, -0.15) is 5.10 Å². The quantitative estimate of drug-likeness (QED) is 0.445. The van der Waals surface area contributed by atoms with Crippen LogP contribution in [-0.4, -0.2) is 33.6 Å². The monoisotopic (exact) mass is 444 g/mol. The third-order valence-corrected chi connectivity index (χ3v) is 6.00. The molecule has 4 aromatic rings. The third kappa shape index (κ3) is 3.98. The molecule has 0 fully saturated rings. The highest BCUT2D eigenvalue weighted by molar-refractivity contribution is 7.20. The minimum Gasteiger partial charge on any atom is -0.474 e.